The average Bonchev–Trinajstić information content (AvgIpc) is 3.03. The number of anilines is 1. The van der Waals surface area contributed by atoms with Gasteiger partial charge in [0, 0.05) is 10.3 Å². The van der Waals surface area contributed by atoms with E-state index in [9.17, 15) is 14.7 Å². The van der Waals surface area contributed by atoms with Crippen LogP contribution in [0, 0.1) is 6.92 Å². The van der Waals surface area contributed by atoms with Crippen LogP contribution >= 0.6 is 22.7 Å². The van der Waals surface area contributed by atoms with Crippen molar-refractivity contribution in [3.63, 3.8) is 0 Å². The molecule has 0 atom stereocenters. The minimum Gasteiger partial charge on any atom is -0.477 e. The van der Waals surface area contributed by atoms with Crippen LogP contribution < -0.4 is 5.32 Å². The molecule has 21 heavy (non-hydrogen) atoms. The fourth-order valence-electron chi connectivity index (χ4n) is 2.62. The lowest BCUT2D eigenvalue weighted by Gasteiger charge is -2.13. The highest BCUT2D eigenvalue weighted by atomic mass is 32.1. The molecular weight excluding hydrogens is 306 g/mol. The molecule has 0 bridgehead atoms. The minimum atomic E-state index is -1.00. The van der Waals surface area contributed by atoms with Gasteiger partial charge in [0.1, 0.15) is 4.88 Å². The van der Waals surface area contributed by atoms with Gasteiger partial charge in [0.15, 0.2) is 0 Å². The zero-order chi connectivity index (χ0) is 15.0. The molecule has 2 aromatic heterocycles. The number of hydrogen-bond acceptors (Lipinski definition) is 4. The summed E-state index contributed by atoms with van der Waals surface area (Å²) in [4.78, 5) is 25.2. The number of thiophene rings is 2. The molecule has 4 nitrogen and oxygen atoms in total. The number of aryl methyl sites for hydroxylation is 2. The molecule has 3 rings (SSSR count). The number of nitrogens with one attached hydrogen (secondary N) is 1. The first-order valence-electron chi connectivity index (χ1n) is 6.80. The molecule has 1 amide bonds. The van der Waals surface area contributed by atoms with Gasteiger partial charge in [0.25, 0.3) is 5.91 Å². The second-order valence-electron chi connectivity index (χ2n) is 5.14. The maximum atomic E-state index is 12.5. The number of carbonyl (C=O) groups excluding carboxylic acids is 1. The Morgan fingerprint density at radius 3 is 2.71 bits per heavy atom. The molecule has 0 spiro atoms. The van der Waals surface area contributed by atoms with Crippen LogP contribution in [0.2, 0.25) is 0 Å². The third-order valence-electron chi connectivity index (χ3n) is 3.71. The van der Waals surface area contributed by atoms with Crippen LogP contribution in [0.4, 0.5) is 5.69 Å². The Hall–Kier alpha value is -1.66. The Kier molecular flexibility index (Phi) is 3.82. The van der Waals surface area contributed by atoms with Crippen LogP contribution in [0.1, 0.15) is 48.9 Å². The molecule has 2 heterocycles. The van der Waals surface area contributed by atoms with Crippen molar-refractivity contribution in [1.29, 1.82) is 0 Å². The first-order valence-corrected chi connectivity index (χ1v) is 8.56. The van der Waals surface area contributed by atoms with E-state index >= 15 is 0 Å². The lowest BCUT2D eigenvalue weighted by Crippen LogP contribution is -2.16. The van der Waals surface area contributed by atoms with Gasteiger partial charge < -0.3 is 10.4 Å². The fourth-order valence-corrected chi connectivity index (χ4v) is 4.59. The Morgan fingerprint density at radius 1 is 1.19 bits per heavy atom. The SMILES string of the molecule is Cc1csc(C(=O)O)c1NC(=O)c1csc2c1CCCC2. The van der Waals surface area contributed by atoms with Crippen molar-refractivity contribution in [1.82, 2.24) is 0 Å². The van der Waals surface area contributed by atoms with Crippen molar-refractivity contribution in [3.8, 4) is 0 Å². The molecule has 6 heteroatoms. The summed E-state index contributed by atoms with van der Waals surface area (Å²) < 4.78 is 0. The zero-order valence-corrected chi connectivity index (χ0v) is 13.2. The van der Waals surface area contributed by atoms with Crippen LogP contribution in [-0.2, 0) is 12.8 Å². The van der Waals surface area contributed by atoms with Crippen LogP contribution in [0.3, 0.4) is 0 Å². The van der Waals surface area contributed by atoms with Crippen LogP contribution in [0.15, 0.2) is 10.8 Å². The molecular formula is C15H15NO3S2. The number of carboxylic acid groups (broad SMARTS) is 1. The molecule has 110 valence electrons. The van der Waals surface area contributed by atoms with Crippen LogP contribution in [0.25, 0.3) is 0 Å². The van der Waals surface area contributed by atoms with Gasteiger partial charge in [-0.05, 0) is 49.1 Å². The summed E-state index contributed by atoms with van der Waals surface area (Å²) in [6.45, 7) is 1.81. The number of hydrogen-bond donors (Lipinski definition) is 2. The van der Waals surface area contributed by atoms with Crippen molar-refractivity contribution in [2.45, 2.75) is 32.6 Å². The third kappa shape index (κ3) is 2.61. The van der Waals surface area contributed by atoms with E-state index in [1.165, 1.54) is 11.3 Å². The van der Waals surface area contributed by atoms with E-state index < -0.39 is 5.97 Å². The quantitative estimate of drug-likeness (QED) is 0.899. The van der Waals surface area contributed by atoms with Gasteiger partial charge in [-0.3, -0.25) is 4.79 Å². The van der Waals surface area contributed by atoms with Gasteiger partial charge in [-0.25, -0.2) is 4.79 Å². The molecule has 1 aliphatic rings. The molecule has 0 aromatic carbocycles. The van der Waals surface area contributed by atoms with E-state index in [0.717, 1.165) is 41.7 Å². The second-order valence-corrected chi connectivity index (χ2v) is 6.98. The van der Waals surface area contributed by atoms with Crippen molar-refractivity contribution in [2.75, 3.05) is 5.32 Å². The average molecular weight is 321 g/mol. The molecule has 0 fully saturated rings. The summed E-state index contributed by atoms with van der Waals surface area (Å²) >= 11 is 2.77. The summed E-state index contributed by atoms with van der Waals surface area (Å²) in [7, 11) is 0. The van der Waals surface area contributed by atoms with Gasteiger partial charge in [0.2, 0.25) is 0 Å². The van der Waals surface area contributed by atoms with E-state index in [0.29, 0.717) is 11.3 Å². The molecule has 2 N–H and O–H groups in total. The van der Waals surface area contributed by atoms with Crippen molar-refractivity contribution in [3.05, 3.63) is 37.2 Å². The van der Waals surface area contributed by atoms with Crippen LogP contribution in [0.5, 0.6) is 0 Å². The van der Waals surface area contributed by atoms with E-state index in [1.807, 2.05) is 12.3 Å². The number of carboxylic acids is 1. The van der Waals surface area contributed by atoms with Gasteiger partial charge in [-0.1, -0.05) is 0 Å². The van der Waals surface area contributed by atoms with Crippen molar-refractivity contribution >= 4 is 40.2 Å². The first kappa shape index (κ1) is 14.3. The Labute approximate surface area is 130 Å². The summed E-state index contributed by atoms with van der Waals surface area (Å²) in [6.07, 6.45) is 4.28. The smallest absolute Gasteiger partial charge is 0.348 e. The Bertz CT molecular complexity index is 715. The fraction of sp³-hybridized carbons (Fsp3) is 0.333. The van der Waals surface area contributed by atoms with Gasteiger partial charge >= 0.3 is 5.97 Å². The zero-order valence-electron chi connectivity index (χ0n) is 11.6. The van der Waals surface area contributed by atoms with E-state index in [-0.39, 0.29) is 10.8 Å². The highest BCUT2D eigenvalue weighted by Crippen LogP contribution is 2.32. The van der Waals surface area contributed by atoms with E-state index in [4.69, 9.17) is 0 Å². The predicted octanol–water partition coefficient (Wildman–Crippen LogP) is 3.95. The highest BCUT2D eigenvalue weighted by molar-refractivity contribution is 7.12. The monoisotopic (exact) mass is 321 g/mol. The standard InChI is InChI=1S/C15H15NO3S2/c1-8-6-21-13(15(18)19)12(8)16-14(17)10-7-20-11-5-3-2-4-9(10)11/h6-7H,2-5H2,1H3,(H,16,17)(H,18,19). The number of amides is 1. The molecule has 0 aliphatic heterocycles. The largest absolute Gasteiger partial charge is 0.477 e. The maximum Gasteiger partial charge on any atom is 0.348 e. The van der Waals surface area contributed by atoms with Crippen molar-refractivity contribution in [2.24, 2.45) is 0 Å². The topological polar surface area (TPSA) is 66.4 Å². The summed E-state index contributed by atoms with van der Waals surface area (Å²) in [6, 6.07) is 0. The predicted molar refractivity (Wildman–Crippen MR) is 84.9 cm³/mol. The molecule has 0 unspecified atom stereocenters. The summed E-state index contributed by atoms with van der Waals surface area (Å²) in [5, 5.41) is 15.6. The highest BCUT2D eigenvalue weighted by Gasteiger charge is 2.23. The van der Waals surface area contributed by atoms with E-state index in [1.54, 1.807) is 16.7 Å². The molecule has 1 aliphatic carbocycles. The molecule has 0 radical (unpaired) electrons. The Balaban J connectivity index is 1.89. The molecule has 0 saturated heterocycles. The maximum absolute atomic E-state index is 12.5. The van der Waals surface area contributed by atoms with Crippen molar-refractivity contribution < 1.29 is 14.7 Å². The molecule has 2 aromatic rings. The van der Waals surface area contributed by atoms with Gasteiger partial charge in [-0.2, -0.15) is 0 Å². The summed E-state index contributed by atoms with van der Waals surface area (Å²) in [5.41, 5.74) is 3.06. The molecule has 0 saturated carbocycles. The number of fused-ring (bicyclic) bond motifs is 1. The Morgan fingerprint density at radius 2 is 1.95 bits per heavy atom. The van der Waals surface area contributed by atoms with Gasteiger partial charge in [0.05, 0.1) is 11.3 Å². The lowest BCUT2D eigenvalue weighted by molar-refractivity contribution is 0.0703. The lowest BCUT2D eigenvalue weighted by atomic mass is 9.95. The minimum absolute atomic E-state index is 0.185. The second kappa shape index (κ2) is 5.61. The van der Waals surface area contributed by atoms with Crippen LogP contribution in [-0.4, -0.2) is 17.0 Å². The summed E-state index contributed by atoms with van der Waals surface area (Å²) in [5.74, 6) is -1.20. The van der Waals surface area contributed by atoms with Gasteiger partial charge in [-0.15, -0.1) is 22.7 Å². The first-order chi connectivity index (χ1) is 10.1. The van der Waals surface area contributed by atoms with E-state index in [2.05, 4.69) is 5.32 Å². The number of rotatable bonds is 3. The third-order valence-corrected chi connectivity index (χ3v) is 5.89. The number of carbonyl (C=O) groups is 2. The number of aromatic carboxylic acids is 1. The normalized spacial score (nSPS) is 13.8.